The number of nitrogens with one attached hydrogen (secondary N) is 1. The standard InChI is InChI=1S/C14H23NO3/c1-5-7-12(16)10-8-6-9-11(10)15-13(17)18-14(2,3)4/h5,10-11H,1,6-9H2,2-4H3,(H,15,17)/t10-,11+/m0/s1. The van der Waals surface area contributed by atoms with E-state index < -0.39 is 11.7 Å². The number of hydrogen-bond donors (Lipinski definition) is 1. The van der Waals surface area contributed by atoms with Crippen molar-refractivity contribution in [2.45, 2.75) is 58.1 Å². The molecule has 1 amide bonds. The second-order valence-corrected chi connectivity index (χ2v) is 5.75. The fourth-order valence-electron chi connectivity index (χ4n) is 2.27. The fraction of sp³-hybridized carbons (Fsp3) is 0.714. The Hall–Kier alpha value is -1.32. The predicted octanol–water partition coefficient (Wildman–Crippen LogP) is 2.83. The minimum absolute atomic E-state index is 0.0875. The molecule has 0 radical (unpaired) electrons. The van der Waals surface area contributed by atoms with Gasteiger partial charge in [0, 0.05) is 18.4 Å². The summed E-state index contributed by atoms with van der Waals surface area (Å²) in [5.41, 5.74) is -0.511. The summed E-state index contributed by atoms with van der Waals surface area (Å²) in [6, 6.07) is -0.0905. The highest BCUT2D eigenvalue weighted by atomic mass is 16.6. The Morgan fingerprint density at radius 1 is 1.39 bits per heavy atom. The number of carbonyl (C=O) groups excluding carboxylic acids is 2. The molecule has 0 aliphatic heterocycles. The lowest BCUT2D eigenvalue weighted by atomic mass is 9.96. The number of alkyl carbamates (subject to hydrolysis) is 1. The minimum Gasteiger partial charge on any atom is -0.444 e. The first-order valence-corrected chi connectivity index (χ1v) is 6.46. The van der Waals surface area contributed by atoms with Crippen LogP contribution in [0.3, 0.4) is 0 Å². The molecule has 0 unspecified atom stereocenters. The van der Waals surface area contributed by atoms with Crippen LogP contribution < -0.4 is 5.32 Å². The van der Waals surface area contributed by atoms with E-state index in [9.17, 15) is 9.59 Å². The molecule has 4 heteroatoms. The molecular formula is C14H23NO3. The molecule has 0 aromatic rings. The van der Waals surface area contributed by atoms with Gasteiger partial charge in [0.1, 0.15) is 11.4 Å². The topological polar surface area (TPSA) is 55.4 Å². The molecule has 1 N–H and O–H groups in total. The van der Waals surface area contributed by atoms with Crippen molar-refractivity contribution in [1.82, 2.24) is 5.32 Å². The molecule has 0 bridgehead atoms. The molecule has 1 rings (SSSR count). The normalized spacial score (nSPS) is 23.5. The molecule has 18 heavy (non-hydrogen) atoms. The van der Waals surface area contributed by atoms with E-state index in [1.54, 1.807) is 6.08 Å². The Morgan fingerprint density at radius 2 is 2.06 bits per heavy atom. The van der Waals surface area contributed by atoms with Gasteiger partial charge in [0.2, 0.25) is 0 Å². The van der Waals surface area contributed by atoms with Gasteiger partial charge in [0.15, 0.2) is 0 Å². The van der Waals surface area contributed by atoms with E-state index in [0.29, 0.717) is 6.42 Å². The summed E-state index contributed by atoms with van der Waals surface area (Å²) in [6.07, 6.45) is 4.20. The number of ether oxygens (including phenoxy) is 1. The van der Waals surface area contributed by atoms with Crippen LogP contribution in [0.1, 0.15) is 46.5 Å². The second kappa shape index (κ2) is 6.03. The first-order valence-electron chi connectivity index (χ1n) is 6.46. The van der Waals surface area contributed by atoms with Crippen LogP contribution in [0.2, 0.25) is 0 Å². The summed E-state index contributed by atoms with van der Waals surface area (Å²) < 4.78 is 5.21. The Kier molecular flexibility index (Phi) is 4.93. The Labute approximate surface area is 109 Å². The number of amides is 1. The molecule has 2 atom stereocenters. The van der Waals surface area contributed by atoms with Gasteiger partial charge < -0.3 is 10.1 Å². The van der Waals surface area contributed by atoms with Crippen LogP contribution in [0.25, 0.3) is 0 Å². The van der Waals surface area contributed by atoms with Gasteiger partial charge in [0.05, 0.1) is 0 Å². The number of rotatable bonds is 4. The Morgan fingerprint density at radius 3 is 2.61 bits per heavy atom. The van der Waals surface area contributed by atoms with Crippen molar-refractivity contribution >= 4 is 11.9 Å². The summed E-state index contributed by atoms with van der Waals surface area (Å²) in [5, 5.41) is 2.81. The molecule has 102 valence electrons. The Bertz CT molecular complexity index is 330. The third-order valence-electron chi connectivity index (χ3n) is 2.98. The summed E-state index contributed by atoms with van der Waals surface area (Å²) in [7, 11) is 0. The molecular weight excluding hydrogens is 230 g/mol. The molecule has 0 saturated heterocycles. The van der Waals surface area contributed by atoms with Gasteiger partial charge in [-0.2, -0.15) is 0 Å². The molecule has 0 aromatic carbocycles. The van der Waals surface area contributed by atoms with Crippen molar-refractivity contribution in [1.29, 1.82) is 0 Å². The smallest absolute Gasteiger partial charge is 0.407 e. The highest BCUT2D eigenvalue weighted by Gasteiger charge is 2.34. The number of ketones is 1. The third-order valence-corrected chi connectivity index (χ3v) is 2.98. The zero-order chi connectivity index (χ0) is 13.8. The number of carbonyl (C=O) groups is 2. The maximum absolute atomic E-state index is 11.9. The highest BCUT2D eigenvalue weighted by Crippen LogP contribution is 2.27. The van der Waals surface area contributed by atoms with Crippen molar-refractivity contribution in [3.63, 3.8) is 0 Å². The van der Waals surface area contributed by atoms with Gasteiger partial charge in [-0.05, 0) is 33.6 Å². The van der Waals surface area contributed by atoms with E-state index in [4.69, 9.17) is 4.74 Å². The van der Waals surface area contributed by atoms with Gasteiger partial charge in [-0.15, -0.1) is 6.58 Å². The SMILES string of the molecule is C=CCC(=O)[C@H]1CCC[C@H]1NC(=O)OC(C)(C)C. The van der Waals surface area contributed by atoms with Crippen LogP contribution in [-0.2, 0) is 9.53 Å². The molecule has 1 fully saturated rings. The summed E-state index contributed by atoms with van der Waals surface area (Å²) in [6.45, 7) is 9.04. The van der Waals surface area contributed by atoms with Gasteiger partial charge in [0.25, 0.3) is 0 Å². The van der Waals surface area contributed by atoms with Crippen LogP contribution in [0, 0.1) is 5.92 Å². The third kappa shape index (κ3) is 4.51. The number of Topliss-reactive ketones (excluding diaryl/α,β-unsaturated/α-hetero) is 1. The molecule has 0 spiro atoms. The summed E-state index contributed by atoms with van der Waals surface area (Å²) >= 11 is 0. The quantitative estimate of drug-likeness (QED) is 0.784. The lowest BCUT2D eigenvalue weighted by Gasteiger charge is -2.24. The molecule has 1 aliphatic carbocycles. The second-order valence-electron chi connectivity index (χ2n) is 5.75. The highest BCUT2D eigenvalue weighted by molar-refractivity contribution is 5.84. The average molecular weight is 253 g/mol. The van der Waals surface area contributed by atoms with Crippen molar-refractivity contribution in [3.8, 4) is 0 Å². The first kappa shape index (κ1) is 14.7. The largest absolute Gasteiger partial charge is 0.444 e. The first-order chi connectivity index (χ1) is 8.33. The molecule has 0 heterocycles. The molecule has 1 saturated carbocycles. The monoisotopic (exact) mass is 253 g/mol. The van der Waals surface area contributed by atoms with Gasteiger partial charge >= 0.3 is 6.09 Å². The Balaban J connectivity index is 2.52. The van der Waals surface area contributed by atoms with E-state index >= 15 is 0 Å². The zero-order valence-electron chi connectivity index (χ0n) is 11.5. The summed E-state index contributed by atoms with van der Waals surface area (Å²) in [5.74, 6) is 0.0686. The lowest BCUT2D eigenvalue weighted by molar-refractivity contribution is -0.122. The van der Waals surface area contributed by atoms with E-state index in [0.717, 1.165) is 19.3 Å². The van der Waals surface area contributed by atoms with E-state index in [2.05, 4.69) is 11.9 Å². The van der Waals surface area contributed by atoms with Crippen LogP contribution >= 0.6 is 0 Å². The number of allylic oxidation sites excluding steroid dienone is 1. The summed E-state index contributed by atoms with van der Waals surface area (Å²) in [4.78, 5) is 23.5. The minimum atomic E-state index is -0.511. The predicted molar refractivity (Wildman–Crippen MR) is 70.3 cm³/mol. The van der Waals surface area contributed by atoms with Crippen LogP contribution in [-0.4, -0.2) is 23.5 Å². The van der Waals surface area contributed by atoms with Crippen molar-refractivity contribution in [2.75, 3.05) is 0 Å². The van der Waals surface area contributed by atoms with Crippen molar-refractivity contribution < 1.29 is 14.3 Å². The van der Waals surface area contributed by atoms with Crippen LogP contribution in [0.15, 0.2) is 12.7 Å². The molecule has 0 aromatic heterocycles. The molecule has 1 aliphatic rings. The van der Waals surface area contributed by atoms with Gasteiger partial charge in [-0.25, -0.2) is 4.79 Å². The molecule has 4 nitrogen and oxygen atoms in total. The van der Waals surface area contributed by atoms with E-state index in [-0.39, 0.29) is 17.7 Å². The maximum atomic E-state index is 11.9. The van der Waals surface area contributed by atoms with E-state index in [1.807, 2.05) is 20.8 Å². The average Bonchev–Trinajstić information content (AvgIpc) is 2.62. The van der Waals surface area contributed by atoms with E-state index in [1.165, 1.54) is 0 Å². The number of hydrogen-bond acceptors (Lipinski definition) is 3. The zero-order valence-corrected chi connectivity index (χ0v) is 11.5. The van der Waals surface area contributed by atoms with Gasteiger partial charge in [-0.3, -0.25) is 4.79 Å². The van der Waals surface area contributed by atoms with Gasteiger partial charge in [-0.1, -0.05) is 12.5 Å². The van der Waals surface area contributed by atoms with Crippen LogP contribution in [0.5, 0.6) is 0 Å². The van der Waals surface area contributed by atoms with Crippen LogP contribution in [0.4, 0.5) is 4.79 Å². The lowest BCUT2D eigenvalue weighted by Crippen LogP contribution is -2.42. The fourth-order valence-corrected chi connectivity index (χ4v) is 2.27. The van der Waals surface area contributed by atoms with Crippen molar-refractivity contribution in [3.05, 3.63) is 12.7 Å². The van der Waals surface area contributed by atoms with Crippen molar-refractivity contribution in [2.24, 2.45) is 5.92 Å². The maximum Gasteiger partial charge on any atom is 0.407 e.